The van der Waals surface area contributed by atoms with Gasteiger partial charge < -0.3 is 10.2 Å². The zero-order chi connectivity index (χ0) is 13.8. The van der Waals surface area contributed by atoms with Crippen molar-refractivity contribution in [1.82, 2.24) is 0 Å². The number of rotatable bonds is 4. The molecule has 0 fully saturated rings. The highest BCUT2D eigenvalue weighted by Crippen LogP contribution is 2.31. The number of phenols is 1. The third kappa shape index (κ3) is 3.29. The molecule has 98 valence electrons. The number of carbonyl (C=O) groups is 1. The number of benzene rings is 2. The van der Waals surface area contributed by atoms with E-state index >= 15 is 0 Å². The van der Waals surface area contributed by atoms with E-state index in [1.807, 2.05) is 19.1 Å². The van der Waals surface area contributed by atoms with Crippen molar-refractivity contribution in [3.8, 4) is 5.75 Å². The fourth-order valence-electron chi connectivity index (χ4n) is 1.71. The molecule has 0 aliphatic carbocycles. The van der Waals surface area contributed by atoms with Gasteiger partial charge in [-0.2, -0.15) is 0 Å². The van der Waals surface area contributed by atoms with E-state index in [1.165, 1.54) is 11.8 Å². The zero-order valence-corrected chi connectivity index (χ0v) is 11.3. The number of carboxylic acids is 1. The lowest BCUT2D eigenvalue weighted by Crippen LogP contribution is -1.94. The van der Waals surface area contributed by atoms with E-state index < -0.39 is 5.97 Å². The molecule has 2 rings (SSSR count). The number of phenolic OH excluding ortho intramolecular Hbond substituents is 1. The largest absolute Gasteiger partial charge is 0.508 e. The van der Waals surface area contributed by atoms with Crippen LogP contribution in [0, 0.1) is 0 Å². The summed E-state index contributed by atoms with van der Waals surface area (Å²) in [6.45, 7) is 1.99. The first-order valence-electron chi connectivity index (χ1n) is 5.93. The minimum atomic E-state index is -0.929. The van der Waals surface area contributed by atoms with Gasteiger partial charge in [-0.15, -0.1) is 0 Å². The average molecular weight is 274 g/mol. The van der Waals surface area contributed by atoms with Crippen molar-refractivity contribution in [1.29, 1.82) is 0 Å². The lowest BCUT2D eigenvalue weighted by molar-refractivity contribution is 0.0697. The molecule has 0 aliphatic rings. The predicted molar refractivity (Wildman–Crippen MR) is 75.0 cm³/mol. The van der Waals surface area contributed by atoms with Crippen molar-refractivity contribution in [3.63, 3.8) is 0 Å². The molecular weight excluding hydrogens is 260 g/mol. The van der Waals surface area contributed by atoms with Gasteiger partial charge in [-0.05, 0) is 48.4 Å². The molecule has 0 spiro atoms. The first-order valence-corrected chi connectivity index (χ1v) is 6.75. The van der Waals surface area contributed by atoms with Crippen LogP contribution in [0.25, 0.3) is 0 Å². The van der Waals surface area contributed by atoms with Crippen LogP contribution >= 0.6 is 11.8 Å². The topological polar surface area (TPSA) is 57.5 Å². The first kappa shape index (κ1) is 13.5. The molecular formula is C15H14O3S. The summed E-state index contributed by atoms with van der Waals surface area (Å²) in [4.78, 5) is 12.6. The second-order valence-electron chi connectivity index (χ2n) is 4.08. The Hall–Kier alpha value is -1.94. The van der Waals surface area contributed by atoms with Crippen molar-refractivity contribution in [3.05, 3.63) is 53.6 Å². The number of carboxylic acid groups (broad SMARTS) is 1. The van der Waals surface area contributed by atoms with Gasteiger partial charge in [-0.25, -0.2) is 4.79 Å². The van der Waals surface area contributed by atoms with Crippen LogP contribution in [0.15, 0.2) is 52.3 Å². The van der Waals surface area contributed by atoms with E-state index in [4.69, 9.17) is 5.11 Å². The molecule has 0 saturated carbocycles. The minimum absolute atomic E-state index is 0.272. The van der Waals surface area contributed by atoms with E-state index in [1.54, 1.807) is 30.3 Å². The third-order valence-corrected chi connectivity index (χ3v) is 3.77. The van der Waals surface area contributed by atoms with Crippen molar-refractivity contribution >= 4 is 17.7 Å². The Labute approximate surface area is 115 Å². The van der Waals surface area contributed by atoms with Crippen LogP contribution in [-0.4, -0.2) is 16.2 Å². The molecule has 0 bridgehead atoms. The molecule has 3 nitrogen and oxygen atoms in total. The lowest BCUT2D eigenvalue weighted by Gasteiger charge is -2.06. The zero-order valence-electron chi connectivity index (χ0n) is 10.5. The van der Waals surface area contributed by atoms with Crippen LogP contribution in [0.5, 0.6) is 5.75 Å². The van der Waals surface area contributed by atoms with E-state index in [2.05, 4.69) is 0 Å². The van der Waals surface area contributed by atoms with Crippen LogP contribution in [0.2, 0.25) is 0 Å². The van der Waals surface area contributed by atoms with Gasteiger partial charge in [0.2, 0.25) is 0 Å². The SMILES string of the molecule is CCc1ccc(Sc2ccc(C(=O)O)cc2)cc1O. The summed E-state index contributed by atoms with van der Waals surface area (Å²) in [6, 6.07) is 12.3. The molecule has 2 aromatic rings. The van der Waals surface area contributed by atoms with Crippen LogP contribution < -0.4 is 0 Å². The molecule has 0 unspecified atom stereocenters. The number of aromatic hydroxyl groups is 1. The first-order chi connectivity index (χ1) is 9.10. The predicted octanol–water partition coefficient (Wildman–Crippen LogP) is 3.80. The Morgan fingerprint density at radius 2 is 1.74 bits per heavy atom. The summed E-state index contributed by atoms with van der Waals surface area (Å²) in [6.07, 6.45) is 0.796. The van der Waals surface area contributed by atoms with E-state index in [0.29, 0.717) is 5.75 Å². The fourth-order valence-corrected chi connectivity index (χ4v) is 2.56. The fraction of sp³-hybridized carbons (Fsp3) is 0.133. The Balaban J connectivity index is 2.16. The molecule has 0 aliphatic heterocycles. The maximum Gasteiger partial charge on any atom is 0.335 e. The molecule has 0 atom stereocenters. The molecule has 2 aromatic carbocycles. The molecule has 0 amide bonds. The highest BCUT2D eigenvalue weighted by atomic mass is 32.2. The normalized spacial score (nSPS) is 10.4. The van der Waals surface area contributed by atoms with Gasteiger partial charge in [0.05, 0.1) is 5.56 Å². The van der Waals surface area contributed by atoms with Crippen molar-refractivity contribution in [2.45, 2.75) is 23.1 Å². The molecule has 0 radical (unpaired) electrons. The summed E-state index contributed by atoms with van der Waals surface area (Å²) in [5, 5.41) is 18.6. The molecule has 0 aromatic heterocycles. The average Bonchev–Trinajstić information content (AvgIpc) is 2.39. The van der Waals surface area contributed by atoms with Crippen molar-refractivity contribution in [2.24, 2.45) is 0 Å². The maximum atomic E-state index is 10.7. The number of hydrogen-bond donors (Lipinski definition) is 2. The van der Waals surface area contributed by atoms with Crippen LogP contribution in [0.4, 0.5) is 0 Å². The summed E-state index contributed by atoms with van der Waals surface area (Å²) in [7, 11) is 0. The second-order valence-corrected chi connectivity index (χ2v) is 5.22. The summed E-state index contributed by atoms with van der Waals surface area (Å²) in [5.74, 6) is -0.629. The van der Waals surface area contributed by atoms with Gasteiger partial charge in [0.1, 0.15) is 5.75 Å². The van der Waals surface area contributed by atoms with E-state index in [-0.39, 0.29) is 5.56 Å². The Morgan fingerprint density at radius 1 is 1.11 bits per heavy atom. The van der Waals surface area contributed by atoms with Crippen molar-refractivity contribution in [2.75, 3.05) is 0 Å². The van der Waals surface area contributed by atoms with Gasteiger partial charge >= 0.3 is 5.97 Å². The molecule has 0 heterocycles. The van der Waals surface area contributed by atoms with Crippen LogP contribution in [0.1, 0.15) is 22.8 Å². The lowest BCUT2D eigenvalue weighted by atomic mass is 10.1. The third-order valence-electron chi connectivity index (χ3n) is 2.77. The second kappa shape index (κ2) is 5.80. The van der Waals surface area contributed by atoms with Crippen molar-refractivity contribution < 1.29 is 15.0 Å². The maximum absolute atomic E-state index is 10.7. The van der Waals surface area contributed by atoms with E-state index in [9.17, 15) is 9.90 Å². The van der Waals surface area contributed by atoms with Gasteiger partial charge in [0.15, 0.2) is 0 Å². The number of hydrogen-bond acceptors (Lipinski definition) is 3. The highest BCUT2D eigenvalue weighted by molar-refractivity contribution is 7.99. The minimum Gasteiger partial charge on any atom is -0.508 e. The Bertz CT molecular complexity index is 591. The Kier molecular flexibility index (Phi) is 4.12. The summed E-state index contributed by atoms with van der Waals surface area (Å²) >= 11 is 1.49. The summed E-state index contributed by atoms with van der Waals surface area (Å²) < 4.78 is 0. The standard InChI is InChI=1S/C15H14O3S/c1-2-10-3-8-13(9-14(10)16)19-12-6-4-11(5-7-12)15(17)18/h3-9,16H,2H2,1H3,(H,17,18). The quantitative estimate of drug-likeness (QED) is 0.890. The molecule has 4 heteroatoms. The molecule has 19 heavy (non-hydrogen) atoms. The van der Waals surface area contributed by atoms with Crippen LogP contribution in [-0.2, 0) is 6.42 Å². The Morgan fingerprint density at radius 3 is 2.26 bits per heavy atom. The van der Waals surface area contributed by atoms with Gasteiger partial charge in [-0.1, -0.05) is 24.8 Å². The highest BCUT2D eigenvalue weighted by Gasteiger charge is 2.05. The molecule has 0 saturated heterocycles. The number of aryl methyl sites for hydroxylation is 1. The van der Waals surface area contributed by atoms with Gasteiger partial charge in [-0.3, -0.25) is 0 Å². The van der Waals surface area contributed by atoms with Crippen LogP contribution in [0.3, 0.4) is 0 Å². The van der Waals surface area contributed by atoms with Gasteiger partial charge in [0.25, 0.3) is 0 Å². The number of aromatic carboxylic acids is 1. The molecule has 2 N–H and O–H groups in total. The summed E-state index contributed by atoms with van der Waals surface area (Å²) in [5.41, 5.74) is 1.19. The smallest absolute Gasteiger partial charge is 0.335 e. The van der Waals surface area contributed by atoms with Gasteiger partial charge in [0, 0.05) is 9.79 Å². The monoisotopic (exact) mass is 274 g/mol. The van der Waals surface area contributed by atoms with E-state index in [0.717, 1.165) is 21.8 Å².